The number of nitrogens with one attached hydrogen (secondary N) is 2. The summed E-state index contributed by atoms with van der Waals surface area (Å²) in [6.07, 6.45) is 2.40. The first-order chi connectivity index (χ1) is 7.69. The summed E-state index contributed by atoms with van der Waals surface area (Å²) in [5.74, 6) is 1.34. The first-order valence-electron chi connectivity index (χ1n) is 4.68. The number of nitrogens with zero attached hydrogens (tertiary/aromatic N) is 2. The first-order valence-corrected chi connectivity index (χ1v) is 5.96. The maximum Gasteiger partial charge on any atom is 0.188 e. The summed E-state index contributed by atoms with van der Waals surface area (Å²) in [6.45, 7) is 1.81. The normalized spacial score (nSPS) is 13.9. The lowest BCUT2D eigenvalue weighted by atomic mass is 10.4. The number of rotatable bonds is 5. The van der Waals surface area contributed by atoms with E-state index in [1.807, 2.05) is 6.92 Å². The monoisotopic (exact) mass is 242 g/mol. The average molecular weight is 242 g/mol. The van der Waals surface area contributed by atoms with E-state index in [-0.39, 0.29) is 0 Å². The summed E-state index contributed by atoms with van der Waals surface area (Å²) >= 11 is -1.13. The van der Waals surface area contributed by atoms with Crippen molar-refractivity contribution in [2.24, 2.45) is 4.99 Å². The second-order valence-corrected chi connectivity index (χ2v) is 4.57. The van der Waals surface area contributed by atoms with Crippen LogP contribution in [0, 0.1) is 5.41 Å². The topological polar surface area (TPSA) is 87.7 Å². The Labute approximate surface area is 97.1 Å². The Bertz CT molecular complexity index is 352. The Hall–Kier alpha value is -1.31. The van der Waals surface area contributed by atoms with E-state index in [0.29, 0.717) is 17.3 Å². The van der Waals surface area contributed by atoms with Gasteiger partial charge in [-0.05, 0) is 23.5 Å². The predicted octanol–water partition coefficient (Wildman–Crippen LogP) is 0.753. The van der Waals surface area contributed by atoms with E-state index in [2.05, 4.69) is 10.4 Å². The van der Waals surface area contributed by atoms with Gasteiger partial charge in [-0.2, -0.15) is 0 Å². The summed E-state index contributed by atoms with van der Waals surface area (Å²) < 4.78 is 18.0. The van der Waals surface area contributed by atoms with Crippen LogP contribution in [0.1, 0.15) is 12.7 Å². The Balaban J connectivity index is 2.74. The zero-order chi connectivity index (χ0) is 12.0. The van der Waals surface area contributed by atoms with Crippen molar-refractivity contribution in [3.63, 3.8) is 0 Å². The highest BCUT2D eigenvalue weighted by atomic mass is 32.2. The van der Waals surface area contributed by atoms with Crippen molar-refractivity contribution in [2.45, 2.75) is 6.92 Å². The molecule has 0 radical (unpaired) electrons. The molecule has 1 unspecified atom stereocenters. The summed E-state index contributed by atoms with van der Waals surface area (Å²) in [6, 6.07) is 3.42. The van der Waals surface area contributed by atoms with Gasteiger partial charge in [0.05, 0.1) is 24.7 Å². The van der Waals surface area contributed by atoms with Crippen LogP contribution in [0.5, 0.6) is 0 Å². The van der Waals surface area contributed by atoms with Gasteiger partial charge >= 0.3 is 0 Å². The third-order valence-corrected chi connectivity index (χ3v) is 2.96. The van der Waals surface area contributed by atoms with Crippen molar-refractivity contribution < 1.29 is 8.97 Å². The second-order valence-electron chi connectivity index (χ2n) is 2.80. The van der Waals surface area contributed by atoms with Crippen LogP contribution >= 0.6 is 0 Å². The van der Waals surface area contributed by atoms with E-state index in [1.54, 1.807) is 19.2 Å². The molecule has 1 atom stereocenters. The Morgan fingerprint density at radius 1 is 1.81 bits per heavy atom. The molecule has 2 N–H and O–H groups in total. The molecule has 88 valence electrons. The standard InChI is InChI=1S/C9H14N4O2S/c1-3-16(14)13(2)12-9(11-7-10)8-5-4-6-15-8/h4-7H,3H2,1-2H3,(H2,10,11,12). The van der Waals surface area contributed by atoms with Gasteiger partial charge < -0.3 is 8.97 Å². The molecule has 0 aromatic carbocycles. The number of hydrazine groups is 1. The molecular weight excluding hydrogens is 228 g/mol. The van der Waals surface area contributed by atoms with Gasteiger partial charge in [0, 0.05) is 0 Å². The third kappa shape index (κ3) is 3.37. The highest BCUT2D eigenvalue weighted by Gasteiger charge is 2.16. The minimum absolute atomic E-state index is 0.351. The third-order valence-electron chi connectivity index (χ3n) is 1.76. The fourth-order valence-corrected chi connectivity index (χ4v) is 1.59. The van der Waals surface area contributed by atoms with Crippen LogP contribution in [0.15, 0.2) is 27.8 Å². The number of amidine groups is 1. The highest BCUT2D eigenvalue weighted by molar-refractivity contribution is 7.88. The Morgan fingerprint density at radius 3 is 3.06 bits per heavy atom. The van der Waals surface area contributed by atoms with Crippen molar-refractivity contribution in [3.8, 4) is 0 Å². The first kappa shape index (κ1) is 12.8. The lowest BCUT2D eigenvalue weighted by Crippen LogP contribution is -2.44. The van der Waals surface area contributed by atoms with Gasteiger partial charge in [0.15, 0.2) is 11.6 Å². The fourth-order valence-electron chi connectivity index (χ4n) is 1.02. The average Bonchev–Trinajstić information content (AvgIpc) is 2.80. The van der Waals surface area contributed by atoms with Crippen LogP contribution < -0.4 is 5.43 Å². The van der Waals surface area contributed by atoms with Crippen molar-refractivity contribution in [2.75, 3.05) is 12.8 Å². The maximum absolute atomic E-state index is 11.5. The highest BCUT2D eigenvalue weighted by Crippen LogP contribution is 2.02. The van der Waals surface area contributed by atoms with Crippen molar-refractivity contribution >= 4 is 23.5 Å². The molecule has 0 aliphatic rings. The number of hydrogen-bond acceptors (Lipinski definition) is 4. The van der Waals surface area contributed by atoms with Gasteiger partial charge in [-0.1, -0.05) is 0 Å². The van der Waals surface area contributed by atoms with E-state index in [4.69, 9.17) is 9.83 Å². The molecule has 6 nitrogen and oxygen atoms in total. The second kappa shape index (κ2) is 6.31. The molecule has 0 fully saturated rings. The molecule has 0 bridgehead atoms. The van der Waals surface area contributed by atoms with Crippen LogP contribution in [0.25, 0.3) is 0 Å². The quantitative estimate of drug-likeness (QED) is 0.345. The SMILES string of the molecule is CC[S+]([O-])N(C)N/C(=N\C=N)c1ccco1. The smallest absolute Gasteiger partial charge is 0.188 e. The van der Waals surface area contributed by atoms with E-state index >= 15 is 0 Å². The molecule has 0 saturated heterocycles. The maximum atomic E-state index is 11.5. The molecule has 0 saturated carbocycles. The Kier molecular flexibility index (Phi) is 5.03. The van der Waals surface area contributed by atoms with Crippen molar-refractivity contribution in [1.82, 2.24) is 9.84 Å². The zero-order valence-corrected chi connectivity index (χ0v) is 9.95. The van der Waals surface area contributed by atoms with Gasteiger partial charge in [0.25, 0.3) is 0 Å². The van der Waals surface area contributed by atoms with E-state index < -0.39 is 11.4 Å². The van der Waals surface area contributed by atoms with E-state index in [1.165, 1.54) is 10.7 Å². The molecule has 16 heavy (non-hydrogen) atoms. The molecule has 7 heteroatoms. The van der Waals surface area contributed by atoms with Gasteiger partial charge in [-0.25, -0.2) is 4.99 Å². The molecule has 0 aliphatic carbocycles. The van der Waals surface area contributed by atoms with Gasteiger partial charge in [0.1, 0.15) is 12.1 Å². The van der Waals surface area contributed by atoms with E-state index in [0.717, 1.165) is 6.34 Å². The summed E-state index contributed by atoms with van der Waals surface area (Å²) in [5, 5.41) is 6.94. The minimum atomic E-state index is -1.13. The molecule has 1 heterocycles. The predicted molar refractivity (Wildman–Crippen MR) is 63.6 cm³/mol. The molecule has 1 aromatic heterocycles. The zero-order valence-electron chi connectivity index (χ0n) is 9.14. The molecule has 1 aromatic rings. The lowest BCUT2D eigenvalue weighted by Gasteiger charge is -2.20. The van der Waals surface area contributed by atoms with Gasteiger partial charge in [-0.15, -0.1) is 0 Å². The summed E-state index contributed by atoms with van der Waals surface area (Å²) in [5.41, 5.74) is 2.81. The molecule has 0 spiro atoms. The lowest BCUT2D eigenvalue weighted by molar-refractivity contribution is 0.434. The summed E-state index contributed by atoms with van der Waals surface area (Å²) in [4.78, 5) is 3.80. The molecule has 0 aliphatic heterocycles. The van der Waals surface area contributed by atoms with Crippen LogP contribution in [0.4, 0.5) is 0 Å². The molecule has 1 rings (SSSR count). The van der Waals surface area contributed by atoms with Crippen LogP contribution in [0.2, 0.25) is 0 Å². The number of furan rings is 1. The molecular formula is C9H14N4O2S. The largest absolute Gasteiger partial charge is 0.596 e. The van der Waals surface area contributed by atoms with Crippen molar-refractivity contribution in [1.29, 1.82) is 5.41 Å². The fraction of sp³-hybridized carbons (Fsp3) is 0.333. The van der Waals surface area contributed by atoms with Crippen LogP contribution in [-0.2, 0) is 11.4 Å². The summed E-state index contributed by atoms with van der Waals surface area (Å²) in [7, 11) is 1.64. The minimum Gasteiger partial charge on any atom is -0.596 e. The Morgan fingerprint density at radius 2 is 2.56 bits per heavy atom. The van der Waals surface area contributed by atoms with Crippen LogP contribution in [-0.4, -0.2) is 33.9 Å². The van der Waals surface area contributed by atoms with Gasteiger partial charge in [-0.3, -0.25) is 10.8 Å². The van der Waals surface area contributed by atoms with E-state index in [9.17, 15) is 4.55 Å². The van der Waals surface area contributed by atoms with Crippen LogP contribution in [0.3, 0.4) is 0 Å². The molecule has 0 amide bonds. The number of hydrogen-bond donors (Lipinski definition) is 2. The van der Waals surface area contributed by atoms with Gasteiger partial charge in [0.2, 0.25) is 0 Å². The number of aliphatic imine (C=N–C) groups is 1. The van der Waals surface area contributed by atoms with Crippen molar-refractivity contribution in [3.05, 3.63) is 24.2 Å².